The van der Waals surface area contributed by atoms with Gasteiger partial charge in [-0.1, -0.05) is 51.1 Å². The molecular formula is C23H27N5O4. The van der Waals surface area contributed by atoms with E-state index in [9.17, 15) is 9.59 Å². The molecule has 0 fully saturated rings. The third-order valence-electron chi connectivity index (χ3n) is 4.40. The van der Waals surface area contributed by atoms with Gasteiger partial charge in [-0.2, -0.15) is 10.1 Å². The van der Waals surface area contributed by atoms with Crippen LogP contribution in [0, 0.1) is 5.41 Å². The number of anilines is 1. The summed E-state index contributed by atoms with van der Waals surface area (Å²) >= 11 is 0. The van der Waals surface area contributed by atoms with Crippen LogP contribution in [-0.4, -0.2) is 25.7 Å². The minimum atomic E-state index is -0.554. The Morgan fingerprint density at radius 2 is 1.78 bits per heavy atom. The zero-order valence-corrected chi connectivity index (χ0v) is 18.8. The molecule has 0 radical (unpaired) electrons. The molecule has 0 aliphatic rings. The molecule has 3 rings (SSSR count). The molecule has 2 heterocycles. The first-order valence-electron chi connectivity index (χ1n) is 10.3. The fourth-order valence-corrected chi connectivity index (χ4v) is 3.03. The quantitative estimate of drug-likeness (QED) is 0.456. The number of rotatable bonds is 6. The van der Waals surface area contributed by atoms with Crippen LogP contribution in [0.4, 0.5) is 5.95 Å². The lowest BCUT2D eigenvalue weighted by molar-refractivity contribution is -0.217. The fraction of sp³-hybridized carbons (Fsp3) is 0.348. The van der Waals surface area contributed by atoms with Gasteiger partial charge in [-0.15, -0.1) is 0 Å². The lowest BCUT2D eigenvalue weighted by Gasteiger charge is -2.17. The summed E-state index contributed by atoms with van der Waals surface area (Å²) in [4.78, 5) is 43.4. The van der Waals surface area contributed by atoms with Crippen LogP contribution in [0.1, 0.15) is 47.1 Å². The SMILES string of the molecule is CC(C)n1nc(-c2c(OOC(=O)CC(C)(C)C)nc(N)nc2-c2ccccc2)ccc1=O. The lowest BCUT2D eigenvalue weighted by Crippen LogP contribution is -2.24. The van der Waals surface area contributed by atoms with Crippen molar-refractivity contribution in [3.8, 4) is 28.4 Å². The van der Waals surface area contributed by atoms with Gasteiger partial charge in [0.05, 0.1) is 29.4 Å². The van der Waals surface area contributed by atoms with Crippen molar-refractivity contribution in [3.05, 3.63) is 52.8 Å². The van der Waals surface area contributed by atoms with E-state index in [0.29, 0.717) is 17.0 Å². The van der Waals surface area contributed by atoms with Crippen molar-refractivity contribution < 1.29 is 14.6 Å². The van der Waals surface area contributed by atoms with Gasteiger partial charge in [-0.25, -0.2) is 19.3 Å². The molecule has 2 N–H and O–H groups in total. The van der Waals surface area contributed by atoms with Crippen molar-refractivity contribution in [2.75, 3.05) is 5.73 Å². The predicted octanol–water partition coefficient (Wildman–Crippen LogP) is 3.80. The second-order valence-corrected chi connectivity index (χ2v) is 8.85. The summed E-state index contributed by atoms with van der Waals surface area (Å²) in [5.74, 6) is -0.686. The molecule has 32 heavy (non-hydrogen) atoms. The lowest BCUT2D eigenvalue weighted by atomic mass is 9.93. The molecule has 0 atom stereocenters. The number of nitrogen functional groups attached to an aromatic ring is 1. The minimum Gasteiger partial charge on any atom is -0.368 e. The smallest absolute Gasteiger partial charge is 0.356 e. The highest BCUT2D eigenvalue weighted by Gasteiger charge is 2.24. The van der Waals surface area contributed by atoms with Crippen molar-refractivity contribution in [1.29, 1.82) is 0 Å². The maximum Gasteiger partial charge on any atom is 0.356 e. The molecule has 1 aromatic carbocycles. The fourth-order valence-electron chi connectivity index (χ4n) is 3.03. The van der Waals surface area contributed by atoms with Crippen LogP contribution in [0.2, 0.25) is 0 Å². The molecule has 0 aliphatic carbocycles. The standard InChI is InChI=1S/C23H27N5O4/c1-14(2)28-17(29)12-11-16(27-28)19-20(15-9-7-6-8-10-15)25-22(24)26-21(19)32-31-18(30)13-23(3,4)5/h6-12,14H,13H2,1-5H3,(H2,24,25,26). The molecular weight excluding hydrogens is 410 g/mol. The van der Waals surface area contributed by atoms with E-state index < -0.39 is 5.97 Å². The van der Waals surface area contributed by atoms with Gasteiger partial charge < -0.3 is 5.73 Å². The molecule has 0 spiro atoms. The Morgan fingerprint density at radius 1 is 1.09 bits per heavy atom. The summed E-state index contributed by atoms with van der Waals surface area (Å²) in [5.41, 5.74) is 7.29. The van der Waals surface area contributed by atoms with Gasteiger partial charge in [-0.05, 0) is 25.3 Å². The van der Waals surface area contributed by atoms with E-state index in [-0.39, 0.29) is 35.3 Å². The predicted molar refractivity (Wildman–Crippen MR) is 121 cm³/mol. The van der Waals surface area contributed by atoms with Gasteiger partial charge in [-0.3, -0.25) is 9.68 Å². The largest absolute Gasteiger partial charge is 0.368 e. The molecule has 2 aromatic heterocycles. The molecule has 3 aromatic rings. The number of aromatic nitrogens is 4. The van der Waals surface area contributed by atoms with Gasteiger partial charge in [0.25, 0.3) is 11.4 Å². The molecule has 0 saturated heterocycles. The Kier molecular flexibility index (Phi) is 6.57. The number of nitrogens with two attached hydrogens (primary N) is 1. The number of nitrogens with zero attached hydrogens (tertiary/aromatic N) is 4. The van der Waals surface area contributed by atoms with Crippen LogP contribution in [0.5, 0.6) is 5.88 Å². The minimum absolute atomic E-state index is 0.0633. The monoisotopic (exact) mass is 437 g/mol. The maximum atomic E-state index is 12.2. The first-order valence-corrected chi connectivity index (χ1v) is 10.3. The van der Waals surface area contributed by atoms with E-state index in [2.05, 4.69) is 15.1 Å². The van der Waals surface area contributed by atoms with Crippen LogP contribution in [-0.2, 0) is 9.68 Å². The van der Waals surface area contributed by atoms with Gasteiger partial charge in [0.15, 0.2) is 0 Å². The number of hydrogen-bond donors (Lipinski definition) is 1. The Labute approximate surface area is 186 Å². The molecule has 0 aliphatic heterocycles. The summed E-state index contributed by atoms with van der Waals surface area (Å²) < 4.78 is 1.34. The zero-order valence-electron chi connectivity index (χ0n) is 18.8. The van der Waals surface area contributed by atoms with Crippen LogP contribution >= 0.6 is 0 Å². The summed E-state index contributed by atoms with van der Waals surface area (Å²) in [6.07, 6.45) is 0.144. The van der Waals surface area contributed by atoms with E-state index in [1.54, 1.807) is 6.07 Å². The third kappa shape index (κ3) is 5.48. The molecule has 9 heteroatoms. The average Bonchev–Trinajstić information content (AvgIpc) is 2.71. The number of benzene rings is 1. The maximum absolute atomic E-state index is 12.2. The normalized spacial score (nSPS) is 11.4. The molecule has 168 valence electrons. The van der Waals surface area contributed by atoms with E-state index >= 15 is 0 Å². The topological polar surface area (TPSA) is 122 Å². The molecule has 0 unspecified atom stereocenters. The molecule has 9 nitrogen and oxygen atoms in total. The summed E-state index contributed by atoms with van der Waals surface area (Å²) in [5, 5.41) is 4.47. The van der Waals surface area contributed by atoms with Crippen LogP contribution in [0.15, 0.2) is 47.3 Å². The Morgan fingerprint density at radius 3 is 2.41 bits per heavy atom. The zero-order chi connectivity index (χ0) is 23.5. The average molecular weight is 438 g/mol. The van der Waals surface area contributed by atoms with Crippen LogP contribution in [0.3, 0.4) is 0 Å². The highest BCUT2D eigenvalue weighted by atomic mass is 17.2. The number of hydrogen-bond acceptors (Lipinski definition) is 8. The van der Waals surface area contributed by atoms with Crippen molar-refractivity contribution in [3.63, 3.8) is 0 Å². The van der Waals surface area contributed by atoms with Crippen molar-refractivity contribution in [2.45, 2.75) is 47.1 Å². The summed E-state index contributed by atoms with van der Waals surface area (Å²) in [7, 11) is 0. The Balaban J connectivity index is 2.15. The van der Waals surface area contributed by atoms with Crippen molar-refractivity contribution >= 4 is 11.9 Å². The van der Waals surface area contributed by atoms with Gasteiger partial charge in [0, 0.05) is 11.6 Å². The molecule has 0 saturated carbocycles. The van der Waals surface area contributed by atoms with E-state index in [1.165, 1.54) is 10.7 Å². The first kappa shape index (κ1) is 22.9. The summed E-state index contributed by atoms with van der Waals surface area (Å²) in [6, 6.07) is 12.0. The molecule has 0 bridgehead atoms. The Hall–Kier alpha value is -3.75. The van der Waals surface area contributed by atoms with Crippen LogP contribution in [0.25, 0.3) is 22.5 Å². The van der Waals surface area contributed by atoms with Crippen LogP contribution < -0.4 is 16.2 Å². The first-order chi connectivity index (χ1) is 15.0. The van der Waals surface area contributed by atoms with Gasteiger partial charge >= 0.3 is 5.97 Å². The van der Waals surface area contributed by atoms with E-state index in [1.807, 2.05) is 65.0 Å². The summed E-state index contributed by atoms with van der Waals surface area (Å²) in [6.45, 7) is 9.43. The number of carbonyl (C=O) groups excluding carboxylic acids is 1. The Bertz CT molecular complexity index is 1170. The van der Waals surface area contributed by atoms with E-state index in [0.717, 1.165) is 5.56 Å². The second kappa shape index (κ2) is 9.17. The van der Waals surface area contributed by atoms with Gasteiger partial charge in [0.2, 0.25) is 5.95 Å². The highest BCUT2D eigenvalue weighted by Crippen LogP contribution is 2.36. The van der Waals surface area contributed by atoms with Crippen molar-refractivity contribution in [2.24, 2.45) is 5.41 Å². The second-order valence-electron chi connectivity index (χ2n) is 8.85. The van der Waals surface area contributed by atoms with Gasteiger partial charge in [0.1, 0.15) is 0 Å². The highest BCUT2D eigenvalue weighted by molar-refractivity contribution is 5.83. The number of carbonyl (C=O) groups is 1. The third-order valence-corrected chi connectivity index (χ3v) is 4.40. The van der Waals surface area contributed by atoms with Crippen molar-refractivity contribution in [1.82, 2.24) is 19.7 Å². The molecule has 0 amide bonds. The van der Waals surface area contributed by atoms with E-state index in [4.69, 9.17) is 15.5 Å².